The van der Waals surface area contributed by atoms with Gasteiger partial charge in [0.1, 0.15) is 0 Å². The Bertz CT molecular complexity index is 994. The Hall–Kier alpha value is -3.24. The molecule has 5 heteroatoms. The Kier molecular flexibility index (Phi) is 6.13. The molecule has 0 aliphatic heterocycles. The van der Waals surface area contributed by atoms with E-state index in [4.69, 9.17) is 11.6 Å². The zero-order chi connectivity index (χ0) is 19.1. The van der Waals surface area contributed by atoms with Gasteiger partial charge in [0, 0.05) is 16.8 Å². The Morgan fingerprint density at radius 1 is 0.926 bits per heavy atom. The predicted octanol–water partition coefficient (Wildman–Crippen LogP) is 5.16. The zero-order valence-electron chi connectivity index (χ0n) is 14.8. The lowest BCUT2D eigenvalue weighted by Gasteiger charge is -2.01. The van der Waals surface area contributed by atoms with Crippen LogP contribution in [0.25, 0.3) is 0 Å². The lowest BCUT2D eigenvalue weighted by Crippen LogP contribution is -2.17. The first kappa shape index (κ1) is 18.5. The average Bonchev–Trinajstić information content (AvgIpc) is 2.67. The number of halogens is 1. The first-order valence-electron chi connectivity index (χ1n) is 8.40. The second-order valence-corrected chi connectivity index (χ2v) is 6.41. The Balaban J connectivity index is 1.58. The minimum Gasteiger partial charge on any atom is -0.267 e. The molecule has 3 rings (SSSR count). The normalized spacial score (nSPS) is 11.2. The molecule has 0 bridgehead atoms. The van der Waals surface area contributed by atoms with Crippen molar-refractivity contribution in [2.45, 2.75) is 6.92 Å². The number of hydrazone groups is 1. The number of carbonyl (C=O) groups is 1. The van der Waals surface area contributed by atoms with Crippen LogP contribution in [0, 0.1) is 6.92 Å². The molecule has 0 aliphatic rings. The van der Waals surface area contributed by atoms with Gasteiger partial charge in [-0.25, -0.2) is 5.43 Å². The summed E-state index contributed by atoms with van der Waals surface area (Å²) in [6.45, 7) is 1.94. The molecular weight excluding hydrogens is 358 g/mol. The SMILES string of the molecule is Cc1cccc(C(=O)N/N=C/c2ccc(C=Nc3cccc(Cl)c3)cc2)c1. The standard InChI is InChI=1S/C22H18ClN3O/c1-16-4-2-5-19(12-16)22(27)26-25-15-18-10-8-17(9-11-18)14-24-21-7-3-6-20(23)13-21/h2-15H,1H3,(H,26,27)/b24-14?,25-15+. The fourth-order valence-corrected chi connectivity index (χ4v) is 2.57. The molecule has 0 radical (unpaired) electrons. The molecule has 0 saturated heterocycles. The lowest BCUT2D eigenvalue weighted by atomic mass is 10.1. The summed E-state index contributed by atoms with van der Waals surface area (Å²) in [5.74, 6) is -0.236. The molecule has 0 unspecified atom stereocenters. The van der Waals surface area contributed by atoms with Gasteiger partial charge in [-0.15, -0.1) is 0 Å². The topological polar surface area (TPSA) is 53.8 Å². The zero-order valence-corrected chi connectivity index (χ0v) is 15.5. The highest BCUT2D eigenvalue weighted by molar-refractivity contribution is 6.30. The van der Waals surface area contributed by atoms with Crippen molar-refractivity contribution in [3.63, 3.8) is 0 Å². The molecule has 0 atom stereocenters. The lowest BCUT2D eigenvalue weighted by molar-refractivity contribution is 0.0955. The number of nitrogens with one attached hydrogen (secondary N) is 1. The van der Waals surface area contributed by atoms with Gasteiger partial charge in [0.25, 0.3) is 5.91 Å². The van der Waals surface area contributed by atoms with Crippen LogP contribution in [-0.4, -0.2) is 18.3 Å². The van der Waals surface area contributed by atoms with Gasteiger partial charge in [-0.3, -0.25) is 9.79 Å². The summed E-state index contributed by atoms with van der Waals surface area (Å²) < 4.78 is 0. The molecule has 4 nitrogen and oxygen atoms in total. The minimum absolute atomic E-state index is 0.236. The largest absolute Gasteiger partial charge is 0.271 e. The molecule has 0 aromatic heterocycles. The van der Waals surface area contributed by atoms with Crippen LogP contribution in [-0.2, 0) is 0 Å². The van der Waals surface area contributed by atoms with Crippen molar-refractivity contribution in [3.05, 3.63) is 100 Å². The van der Waals surface area contributed by atoms with Crippen LogP contribution in [0.1, 0.15) is 27.0 Å². The molecule has 3 aromatic rings. The number of aliphatic imine (C=N–C) groups is 1. The first-order chi connectivity index (χ1) is 13.1. The molecule has 27 heavy (non-hydrogen) atoms. The summed E-state index contributed by atoms with van der Waals surface area (Å²) in [6.07, 6.45) is 3.37. The van der Waals surface area contributed by atoms with Crippen LogP contribution in [0.15, 0.2) is 82.9 Å². The van der Waals surface area contributed by atoms with E-state index < -0.39 is 0 Å². The van der Waals surface area contributed by atoms with E-state index in [1.807, 2.05) is 67.6 Å². The van der Waals surface area contributed by atoms with Gasteiger partial charge in [-0.05, 0) is 48.4 Å². The molecular formula is C22H18ClN3O. The van der Waals surface area contributed by atoms with Crippen LogP contribution in [0.2, 0.25) is 5.02 Å². The minimum atomic E-state index is -0.236. The van der Waals surface area contributed by atoms with Crippen molar-refractivity contribution < 1.29 is 4.79 Å². The fourth-order valence-electron chi connectivity index (χ4n) is 2.39. The van der Waals surface area contributed by atoms with E-state index in [1.54, 1.807) is 24.6 Å². The highest BCUT2D eigenvalue weighted by atomic mass is 35.5. The number of amides is 1. The van der Waals surface area contributed by atoms with E-state index in [-0.39, 0.29) is 5.91 Å². The summed E-state index contributed by atoms with van der Waals surface area (Å²) in [5.41, 5.74) is 6.77. The number of hydrogen-bond donors (Lipinski definition) is 1. The van der Waals surface area contributed by atoms with Crippen molar-refractivity contribution in [2.75, 3.05) is 0 Å². The van der Waals surface area contributed by atoms with Gasteiger partial charge in [-0.2, -0.15) is 5.10 Å². The second-order valence-electron chi connectivity index (χ2n) is 5.97. The Morgan fingerprint density at radius 3 is 2.33 bits per heavy atom. The number of aryl methyl sites for hydroxylation is 1. The van der Waals surface area contributed by atoms with E-state index in [1.165, 1.54) is 0 Å². The summed E-state index contributed by atoms with van der Waals surface area (Å²) >= 11 is 5.95. The number of carbonyl (C=O) groups excluding carboxylic acids is 1. The van der Waals surface area contributed by atoms with E-state index in [0.717, 1.165) is 22.4 Å². The van der Waals surface area contributed by atoms with Crippen molar-refractivity contribution >= 4 is 35.6 Å². The summed E-state index contributed by atoms with van der Waals surface area (Å²) in [4.78, 5) is 16.4. The second kappa shape index (κ2) is 8.92. The molecule has 3 aromatic carbocycles. The molecule has 1 N–H and O–H groups in total. The third-order valence-corrected chi connectivity index (χ3v) is 4.00. The van der Waals surface area contributed by atoms with Gasteiger partial charge in [0.05, 0.1) is 11.9 Å². The van der Waals surface area contributed by atoms with E-state index in [2.05, 4.69) is 15.5 Å². The van der Waals surface area contributed by atoms with Gasteiger partial charge >= 0.3 is 0 Å². The highest BCUT2D eigenvalue weighted by Gasteiger charge is 2.03. The predicted molar refractivity (Wildman–Crippen MR) is 111 cm³/mol. The third kappa shape index (κ3) is 5.62. The number of hydrogen-bond acceptors (Lipinski definition) is 3. The van der Waals surface area contributed by atoms with Crippen LogP contribution >= 0.6 is 11.6 Å². The Morgan fingerprint density at radius 2 is 1.63 bits per heavy atom. The van der Waals surface area contributed by atoms with Crippen molar-refractivity contribution in [3.8, 4) is 0 Å². The smallest absolute Gasteiger partial charge is 0.267 e. The van der Waals surface area contributed by atoms with Crippen molar-refractivity contribution in [1.82, 2.24) is 5.43 Å². The summed E-state index contributed by atoms with van der Waals surface area (Å²) in [6, 6.07) is 22.4. The molecule has 0 spiro atoms. The van der Waals surface area contributed by atoms with Crippen LogP contribution in [0.3, 0.4) is 0 Å². The average molecular weight is 376 g/mol. The third-order valence-electron chi connectivity index (χ3n) is 3.77. The maximum absolute atomic E-state index is 12.0. The molecule has 1 amide bonds. The van der Waals surface area contributed by atoms with Crippen LogP contribution in [0.4, 0.5) is 5.69 Å². The number of nitrogens with zero attached hydrogens (tertiary/aromatic N) is 2. The quantitative estimate of drug-likeness (QED) is 0.485. The summed E-state index contributed by atoms with van der Waals surface area (Å²) in [5, 5.41) is 4.66. The molecule has 0 heterocycles. The van der Waals surface area contributed by atoms with Gasteiger partial charge < -0.3 is 0 Å². The maximum Gasteiger partial charge on any atom is 0.271 e. The van der Waals surface area contributed by atoms with E-state index in [0.29, 0.717) is 10.6 Å². The first-order valence-corrected chi connectivity index (χ1v) is 8.78. The van der Waals surface area contributed by atoms with E-state index >= 15 is 0 Å². The van der Waals surface area contributed by atoms with Gasteiger partial charge in [0.15, 0.2) is 0 Å². The van der Waals surface area contributed by atoms with E-state index in [9.17, 15) is 4.79 Å². The van der Waals surface area contributed by atoms with Gasteiger partial charge in [0.2, 0.25) is 0 Å². The summed E-state index contributed by atoms with van der Waals surface area (Å²) in [7, 11) is 0. The molecule has 0 saturated carbocycles. The molecule has 134 valence electrons. The number of benzene rings is 3. The van der Waals surface area contributed by atoms with Crippen molar-refractivity contribution in [2.24, 2.45) is 10.1 Å². The van der Waals surface area contributed by atoms with Gasteiger partial charge in [-0.1, -0.05) is 59.6 Å². The monoisotopic (exact) mass is 375 g/mol. The van der Waals surface area contributed by atoms with Crippen molar-refractivity contribution in [1.29, 1.82) is 0 Å². The Labute approximate surface area is 163 Å². The highest BCUT2D eigenvalue weighted by Crippen LogP contribution is 2.17. The van der Waals surface area contributed by atoms with Crippen LogP contribution in [0.5, 0.6) is 0 Å². The van der Waals surface area contributed by atoms with Crippen LogP contribution < -0.4 is 5.43 Å². The fraction of sp³-hybridized carbons (Fsp3) is 0.0455. The molecule has 0 fully saturated rings. The molecule has 0 aliphatic carbocycles. The number of rotatable bonds is 5. The maximum atomic E-state index is 12.0.